The highest BCUT2D eigenvalue weighted by molar-refractivity contribution is 7.89. The van der Waals surface area contributed by atoms with Crippen molar-refractivity contribution in [3.05, 3.63) is 65.0 Å². The van der Waals surface area contributed by atoms with Gasteiger partial charge in [-0.1, -0.05) is 41.9 Å². The Balaban J connectivity index is 2.08. The largest absolute Gasteiger partial charge is 0.336 e. The molecule has 2 aromatic heterocycles. The molecule has 0 bridgehead atoms. The highest BCUT2D eigenvalue weighted by atomic mass is 35.5. The highest BCUT2D eigenvalue weighted by Crippen LogP contribution is 2.28. The molecule has 132 valence electrons. The molecule has 0 aliphatic heterocycles. The van der Waals surface area contributed by atoms with Crippen molar-refractivity contribution in [1.29, 1.82) is 0 Å². The van der Waals surface area contributed by atoms with Crippen molar-refractivity contribution >= 4 is 21.6 Å². The lowest BCUT2D eigenvalue weighted by Crippen LogP contribution is -2.31. The quantitative estimate of drug-likeness (QED) is 0.736. The van der Waals surface area contributed by atoms with Crippen LogP contribution in [0.1, 0.15) is 23.1 Å². The van der Waals surface area contributed by atoms with E-state index < -0.39 is 16.1 Å². The van der Waals surface area contributed by atoms with Crippen LogP contribution < -0.4 is 4.72 Å². The lowest BCUT2D eigenvalue weighted by atomic mass is 10.1. The summed E-state index contributed by atoms with van der Waals surface area (Å²) in [4.78, 5) is 4.28. The molecule has 0 radical (unpaired) electrons. The molecule has 1 atom stereocenters. The summed E-state index contributed by atoms with van der Waals surface area (Å²) in [6.45, 7) is 1.61. The number of nitrogens with one attached hydrogen (secondary N) is 1. The zero-order valence-corrected chi connectivity index (χ0v) is 15.6. The molecular weight excluding hydrogens is 362 g/mol. The minimum Gasteiger partial charge on any atom is -0.336 e. The van der Waals surface area contributed by atoms with Crippen molar-refractivity contribution in [3.8, 4) is 0 Å². The third-order valence-corrected chi connectivity index (χ3v) is 6.01. The number of imidazole rings is 1. The van der Waals surface area contributed by atoms with Crippen molar-refractivity contribution in [1.82, 2.24) is 24.1 Å². The Morgan fingerprint density at radius 3 is 2.40 bits per heavy atom. The van der Waals surface area contributed by atoms with Crippen LogP contribution in [0.5, 0.6) is 0 Å². The summed E-state index contributed by atoms with van der Waals surface area (Å²) in [5.41, 5.74) is 1.12. The third-order valence-electron chi connectivity index (χ3n) is 3.89. The van der Waals surface area contributed by atoms with Crippen LogP contribution in [0.15, 0.2) is 47.6 Å². The predicted octanol–water partition coefficient (Wildman–Crippen LogP) is 2.18. The fourth-order valence-corrected chi connectivity index (χ4v) is 4.63. The molecule has 9 heteroatoms. The summed E-state index contributed by atoms with van der Waals surface area (Å²) in [5.74, 6) is 0.576. The maximum Gasteiger partial charge on any atom is 0.246 e. The zero-order valence-electron chi connectivity index (χ0n) is 14.0. The number of nitrogens with zero attached hydrogens (tertiary/aromatic N) is 4. The van der Waals surface area contributed by atoms with Gasteiger partial charge in [-0.2, -0.15) is 9.82 Å². The van der Waals surface area contributed by atoms with Crippen LogP contribution in [0.25, 0.3) is 0 Å². The number of rotatable bonds is 5. The number of aryl methyl sites for hydroxylation is 3. The molecule has 0 aliphatic carbocycles. The Labute approximate surface area is 151 Å². The van der Waals surface area contributed by atoms with Crippen LogP contribution in [0, 0.1) is 6.92 Å². The number of hydrogen-bond donors (Lipinski definition) is 1. The van der Waals surface area contributed by atoms with Gasteiger partial charge in [-0.3, -0.25) is 4.68 Å². The van der Waals surface area contributed by atoms with Crippen molar-refractivity contribution < 1.29 is 8.42 Å². The summed E-state index contributed by atoms with van der Waals surface area (Å²) in [6.07, 6.45) is 3.39. The van der Waals surface area contributed by atoms with Gasteiger partial charge in [-0.25, -0.2) is 13.4 Å². The lowest BCUT2D eigenvalue weighted by Gasteiger charge is -2.19. The van der Waals surface area contributed by atoms with Crippen molar-refractivity contribution in [2.75, 3.05) is 0 Å². The fourth-order valence-electron chi connectivity index (χ4n) is 2.70. The zero-order chi connectivity index (χ0) is 18.2. The van der Waals surface area contributed by atoms with Gasteiger partial charge in [0.05, 0.1) is 5.69 Å². The van der Waals surface area contributed by atoms with Gasteiger partial charge in [0, 0.05) is 26.5 Å². The Hall–Kier alpha value is -2.16. The van der Waals surface area contributed by atoms with Crippen LogP contribution in [-0.4, -0.2) is 27.7 Å². The van der Waals surface area contributed by atoms with Gasteiger partial charge in [-0.05, 0) is 12.5 Å². The molecule has 1 aromatic carbocycles. The smallest absolute Gasteiger partial charge is 0.246 e. The van der Waals surface area contributed by atoms with Crippen LogP contribution in [-0.2, 0) is 24.1 Å². The first-order chi connectivity index (χ1) is 11.8. The summed E-state index contributed by atoms with van der Waals surface area (Å²) in [6, 6.07) is 8.61. The average molecular weight is 380 g/mol. The summed E-state index contributed by atoms with van der Waals surface area (Å²) >= 11 is 6.14. The van der Waals surface area contributed by atoms with E-state index in [0.717, 1.165) is 5.56 Å². The number of aromatic nitrogens is 4. The minimum atomic E-state index is -3.91. The first-order valence-electron chi connectivity index (χ1n) is 7.55. The van der Waals surface area contributed by atoms with Gasteiger partial charge in [0.15, 0.2) is 0 Å². The summed E-state index contributed by atoms with van der Waals surface area (Å²) in [5, 5.41) is 4.15. The molecule has 0 saturated heterocycles. The molecule has 0 saturated carbocycles. The van der Waals surface area contributed by atoms with Gasteiger partial charge in [0.25, 0.3) is 0 Å². The molecule has 1 unspecified atom stereocenters. The second-order valence-electron chi connectivity index (χ2n) is 5.69. The Morgan fingerprint density at radius 2 is 1.88 bits per heavy atom. The minimum absolute atomic E-state index is 0.0215. The molecule has 3 aromatic rings. The molecule has 2 heterocycles. The van der Waals surface area contributed by atoms with Crippen LogP contribution in [0.4, 0.5) is 0 Å². The van der Waals surface area contributed by atoms with E-state index in [0.29, 0.717) is 11.5 Å². The van der Waals surface area contributed by atoms with E-state index in [1.54, 1.807) is 30.9 Å². The average Bonchev–Trinajstić information content (AvgIpc) is 3.09. The maximum absolute atomic E-state index is 13.0. The Morgan fingerprint density at radius 1 is 1.20 bits per heavy atom. The summed E-state index contributed by atoms with van der Waals surface area (Å²) < 4.78 is 31.8. The standard InChI is InChI=1S/C16H18ClN5O2S/c1-11-14(15(17)22(3)19-11)25(23,24)20-13(12-7-5-4-6-8-12)16-18-9-10-21(16)2/h4-10,13,20H,1-3H3. The molecule has 0 fully saturated rings. The van der Waals surface area contributed by atoms with Crippen molar-refractivity contribution in [3.63, 3.8) is 0 Å². The monoisotopic (exact) mass is 379 g/mol. The highest BCUT2D eigenvalue weighted by Gasteiger charge is 2.30. The van der Waals surface area contributed by atoms with Gasteiger partial charge in [0.1, 0.15) is 21.9 Å². The van der Waals surface area contributed by atoms with Gasteiger partial charge in [-0.15, -0.1) is 0 Å². The first-order valence-corrected chi connectivity index (χ1v) is 9.41. The molecular formula is C16H18ClN5O2S. The van der Waals surface area contributed by atoms with Gasteiger partial charge in [0.2, 0.25) is 10.0 Å². The molecule has 0 spiro atoms. The Bertz CT molecular complexity index is 995. The normalized spacial score (nSPS) is 13.1. The van der Waals surface area contributed by atoms with Gasteiger partial charge >= 0.3 is 0 Å². The van der Waals surface area contributed by atoms with Crippen molar-refractivity contribution in [2.45, 2.75) is 17.9 Å². The molecule has 3 rings (SSSR count). The molecule has 0 aliphatic rings. The lowest BCUT2D eigenvalue weighted by molar-refractivity contribution is 0.562. The van der Waals surface area contributed by atoms with E-state index in [1.807, 2.05) is 37.4 Å². The molecule has 0 amide bonds. The van der Waals surface area contributed by atoms with E-state index in [4.69, 9.17) is 11.6 Å². The van der Waals surface area contributed by atoms with E-state index in [9.17, 15) is 8.42 Å². The second-order valence-corrected chi connectivity index (χ2v) is 7.70. The number of benzene rings is 1. The number of sulfonamides is 1. The predicted molar refractivity (Wildman–Crippen MR) is 94.8 cm³/mol. The van der Waals surface area contributed by atoms with Crippen LogP contribution >= 0.6 is 11.6 Å². The Kier molecular flexibility index (Phi) is 4.68. The van der Waals surface area contributed by atoms with Crippen LogP contribution in [0.3, 0.4) is 0 Å². The summed E-state index contributed by atoms with van der Waals surface area (Å²) in [7, 11) is -0.496. The molecule has 1 N–H and O–H groups in total. The molecule has 25 heavy (non-hydrogen) atoms. The first kappa shape index (κ1) is 17.7. The fraction of sp³-hybridized carbons (Fsp3) is 0.250. The number of halogens is 1. The van der Waals surface area contributed by atoms with E-state index in [2.05, 4.69) is 14.8 Å². The van der Waals surface area contributed by atoms with Crippen molar-refractivity contribution in [2.24, 2.45) is 14.1 Å². The van der Waals surface area contributed by atoms with Crippen LogP contribution in [0.2, 0.25) is 5.15 Å². The molecule has 7 nitrogen and oxygen atoms in total. The second kappa shape index (κ2) is 6.62. The van der Waals surface area contributed by atoms with E-state index in [1.165, 1.54) is 4.68 Å². The van der Waals surface area contributed by atoms with Gasteiger partial charge < -0.3 is 4.57 Å². The SMILES string of the molecule is Cc1nn(C)c(Cl)c1S(=O)(=O)NC(c1ccccc1)c1nccn1C. The topological polar surface area (TPSA) is 81.8 Å². The maximum atomic E-state index is 13.0. The number of hydrogen-bond acceptors (Lipinski definition) is 4. The van der Waals surface area contributed by atoms with E-state index in [-0.39, 0.29) is 10.0 Å². The third kappa shape index (κ3) is 3.33. The van der Waals surface area contributed by atoms with E-state index >= 15 is 0 Å².